The van der Waals surface area contributed by atoms with E-state index in [1.54, 1.807) is 12.3 Å². The van der Waals surface area contributed by atoms with Crippen LogP contribution in [0.25, 0.3) is 0 Å². The van der Waals surface area contributed by atoms with E-state index in [0.29, 0.717) is 12.1 Å². The van der Waals surface area contributed by atoms with Gasteiger partial charge in [0.1, 0.15) is 5.82 Å². The Bertz CT molecular complexity index is 242. The number of hydrogen-bond acceptors (Lipinski definition) is 2. The van der Waals surface area contributed by atoms with Crippen molar-refractivity contribution < 1.29 is 4.39 Å². The van der Waals surface area contributed by atoms with Gasteiger partial charge < -0.3 is 5.73 Å². The Labute approximate surface area is 77.4 Å². The summed E-state index contributed by atoms with van der Waals surface area (Å²) in [5, 5.41) is 0. The quantitative estimate of drug-likeness (QED) is 0.776. The summed E-state index contributed by atoms with van der Waals surface area (Å²) in [7, 11) is 0. The highest BCUT2D eigenvalue weighted by molar-refractivity contribution is 5.85. The van der Waals surface area contributed by atoms with Gasteiger partial charge >= 0.3 is 0 Å². The topological polar surface area (TPSA) is 38.9 Å². The zero-order chi connectivity index (χ0) is 8.27. The van der Waals surface area contributed by atoms with E-state index in [2.05, 4.69) is 4.98 Å². The maximum Gasteiger partial charge on any atom is 0.146 e. The summed E-state index contributed by atoms with van der Waals surface area (Å²) in [6, 6.07) is 2.65. The molecule has 1 atom stereocenters. The highest BCUT2D eigenvalue weighted by atomic mass is 35.5. The lowest BCUT2D eigenvalue weighted by atomic mass is 10.1. The van der Waals surface area contributed by atoms with E-state index < -0.39 is 0 Å². The molecule has 68 valence electrons. The van der Waals surface area contributed by atoms with Crippen LogP contribution in [0.5, 0.6) is 0 Å². The first kappa shape index (κ1) is 11.3. The van der Waals surface area contributed by atoms with Crippen molar-refractivity contribution >= 4 is 12.4 Å². The van der Waals surface area contributed by atoms with Crippen LogP contribution in [-0.4, -0.2) is 4.98 Å². The summed E-state index contributed by atoms with van der Waals surface area (Å²) < 4.78 is 12.9. The van der Waals surface area contributed by atoms with Crippen LogP contribution in [0, 0.1) is 5.82 Å². The third kappa shape index (κ3) is 2.43. The molecule has 0 fully saturated rings. The van der Waals surface area contributed by atoms with E-state index in [1.165, 1.54) is 6.07 Å². The molecule has 4 heteroatoms. The second kappa shape index (κ2) is 5.06. The van der Waals surface area contributed by atoms with E-state index in [0.717, 1.165) is 0 Å². The van der Waals surface area contributed by atoms with Crippen LogP contribution in [0.1, 0.15) is 25.1 Å². The number of hydrogen-bond donors (Lipinski definition) is 1. The van der Waals surface area contributed by atoms with Crippen molar-refractivity contribution in [2.45, 2.75) is 19.4 Å². The average Bonchev–Trinajstić information content (AvgIpc) is 2.04. The number of aromatic nitrogens is 1. The van der Waals surface area contributed by atoms with Crippen molar-refractivity contribution in [2.75, 3.05) is 0 Å². The second-order valence-corrected chi connectivity index (χ2v) is 2.39. The van der Waals surface area contributed by atoms with Crippen LogP contribution >= 0.6 is 12.4 Å². The zero-order valence-corrected chi connectivity index (χ0v) is 7.64. The summed E-state index contributed by atoms with van der Waals surface area (Å²) in [5.74, 6) is -0.318. The molecule has 1 heterocycles. The van der Waals surface area contributed by atoms with Gasteiger partial charge in [0.15, 0.2) is 0 Å². The Morgan fingerprint density at radius 2 is 2.33 bits per heavy atom. The standard InChI is InChI=1S/C8H11FN2.ClH/c1-2-7(10)8-6(9)4-3-5-11-8;/h3-5,7H,2,10H2,1H3;1H/t7-;/m0./s1. The average molecular weight is 191 g/mol. The lowest BCUT2D eigenvalue weighted by Crippen LogP contribution is -2.12. The van der Waals surface area contributed by atoms with Gasteiger partial charge in [0.25, 0.3) is 0 Å². The van der Waals surface area contributed by atoms with Crippen LogP contribution in [0.4, 0.5) is 4.39 Å². The molecular formula is C8H12ClFN2. The molecule has 2 nitrogen and oxygen atoms in total. The molecule has 2 N–H and O–H groups in total. The molecule has 0 amide bonds. The summed E-state index contributed by atoms with van der Waals surface area (Å²) in [6.45, 7) is 1.90. The Morgan fingerprint density at radius 3 is 2.83 bits per heavy atom. The first-order chi connectivity index (χ1) is 5.25. The van der Waals surface area contributed by atoms with Crippen LogP contribution < -0.4 is 5.73 Å². The van der Waals surface area contributed by atoms with E-state index >= 15 is 0 Å². The lowest BCUT2D eigenvalue weighted by Gasteiger charge is -2.07. The Hall–Kier alpha value is -0.670. The van der Waals surface area contributed by atoms with Gasteiger partial charge in [-0.25, -0.2) is 4.39 Å². The van der Waals surface area contributed by atoms with Crippen LogP contribution in [0.15, 0.2) is 18.3 Å². The number of pyridine rings is 1. The van der Waals surface area contributed by atoms with Gasteiger partial charge in [-0.1, -0.05) is 6.92 Å². The zero-order valence-electron chi connectivity index (χ0n) is 6.83. The van der Waals surface area contributed by atoms with Crippen LogP contribution in [-0.2, 0) is 0 Å². The smallest absolute Gasteiger partial charge is 0.146 e. The molecule has 1 aromatic rings. The van der Waals surface area contributed by atoms with Gasteiger partial charge in [-0.2, -0.15) is 0 Å². The molecule has 0 aliphatic heterocycles. The minimum atomic E-state index is -0.318. The lowest BCUT2D eigenvalue weighted by molar-refractivity contribution is 0.558. The third-order valence-electron chi connectivity index (χ3n) is 1.58. The molecule has 0 bridgehead atoms. The molecule has 0 aliphatic rings. The molecule has 0 aliphatic carbocycles. The molecule has 1 aromatic heterocycles. The van der Waals surface area contributed by atoms with E-state index in [-0.39, 0.29) is 24.3 Å². The molecule has 0 aromatic carbocycles. The summed E-state index contributed by atoms with van der Waals surface area (Å²) in [6.07, 6.45) is 2.25. The molecule has 0 unspecified atom stereocenters. The molecular weight excluding hydrogens is 179 g/mol. The second-order valence-electron chi connectivity index (χ2n) is 2.39. The molecule has 12 heavy (non-hydrogen) atoms. The first-order valence-corrected chi connectivity index (χ1v) is 3.61. The largest absolute Gasteiger partial charge is 0.323 e. The van der Waals surface area contributed by atoms with Crippen LogP contribution in [0.3, 0.4) is 0 Å². The normalized spacial score (nSPS) is 11.9. The number of nitrogens with two attached hydrogens (primary N) is 1. The monoisotopic (exact) mass is 190 g/mol. The Morgan fingerprint density at radius 1 is 1.67 bits per heavy atom. The minimum absolute atomic E-state index is 0. The fourth-order valence-corrected chi connectivity index (χ4v) is 0.864. The SMILES string of the molecule is CC[C@H](N)c1ncccc1F.Cl. The van der Waals surface area contributed by atoms with Crippen molar-refractivity contribution in [3.63, 3.8) is 0 Å². The van der Waals surface area contributed by atoms with Crippen molar-refractivity contribution in [1.29, 1.82) is 0 Å². The third-order valence-corrected chi connectivity index (χ3v) is 1.58. The van der Waals surface area contributed by atoms with Gasteiger partial charge in [0.2, 0.25) is 0 Å². The maximum atomic E-state index is 12.9. The van der Waals surface area contributed by atoms with Crippen molar-refractivity contribution in [3.8, 4) is 0 Å². The van der Waals surface area contributed by atoms with Gasteiger partial charge in [-0.05, 0) is 18.6 Å². The highest BCUT2D eigenvalue weighted by Crippen LogP contribution is 2.13. The molecule has 0 saturated heterocycles. The van der Waals surface area contributed by atoms with Crippen molar-refractivity contribution in [1.82, 2.24) is 4.98 Å². The van der Waals surface area contributed by atoms with E-state index in [4.69, 9.17) is 5.73 Å². The van der Waals surface area contributed by atoms with Gasteiger partial charge in [-0.3, -0.25) is 4.98 Å². The van der Waals surface area contributed by atoms with Gasteiger partial charge in [0, 0.05) is 12.2 Å². The minimum Gasteiger partial charge on any atom is -0.323 e. The molecule has 0 saturated carbocycles. The van der Waals surface area contributed by atoms with Gasteiger partial charge in [0.05, 0.1) is 5.69 Å². The molecule has 0 radical (unpaired) electrons. The maximum absolute atomic E-state index is 12.9. The Kier molecular flexibility index (Phi) is 4.78. The highest BCUT2D eigenvalue weighted by Gasteiger charge is 2.08. The summed E-state index contributed by atoms with van der Waals surface area (Å²) >= 11 is 0. The predicted molar refractivity (Wildman–Crippen MR) is 48.7 cm³/mol. The van der Waals surface area contributed by atoms with Crippen molar-refractivity contribution in [2.24, 2.45) is 5.73 Å². The van der Waals surface area contributed by atoms with Gasteiger partial charge in [-0.15, -0.1) is 12.4 Å². The summed E-state index contributed by atoms with van der Waals surface area (Å²) in [5.41, 5.74) is 5.95. The Balaban J connectivity index is 0.00000121. The molecule has 0 spiro atoms. The van der Waals surface area contributed by atoms with Crippen molar-refractivity contribution in [3.05, 3.63) is 29.8 Å². The fraction of sp³-hybridized carbons (Fsp3) is 0.375. The van der Waals surface area contributed by atoms with E-state index in [1.807, 2.05) is 6.92 Å². The number of rotatable bonds is 2. The van der Waals surface area contributed by atoms with E-state index in [9.17, 15) is 4.39 Å². The first-order valence-electron chi connectivity index (χ1n) is 3.61. The summed E-state index contributed by atoms with van der Waals surface area (Å²) in [4.78, 5) is 3.85. The van der Waals surface area contributed by atoms with Crippen LogP contribution in [0.2, 0.25) is 0 Å². The number of nitrogens with zero attached hydrogens (tertiary/aromatic N) is 1. The predicted octanol–water partition coefficient (Wildman–Crippen LogP) is 2.05. The number of halogens is 2. The fourth-order valence-electron chi connectivity index (χ4n) is 0.864. The molecule has 1 rings (SSSR count).